The molecule has 0 radical (unpaired) electrons. The minimum Gasteiger partial charge on any atom is -0.481 e. The highest BCUT2D eigenvalue weighted by Crippen LogP contribution is 2.20. The maximum absolute atomic E-state index is 11.9. The average molecular weight is 249 g/mol. The van der Waals surface area contributed by atoms with E-state index in [1.807, 2.05) is 21.0 Å². The lowest BCUT2D eigenvalue weighted by Gasteiger charge is -2.09. The SMILES string of the molecule is CCc1cc(C(=O)N=CN(C)C)c(C)nc1OC. The maximum Gasteiger partial charge on any atom is 0.280 e. The Labute approximate surface area is 108 Å². The number of hydrogen-bond acceptors (Lipinski definition) is 3. The van der Waals surface area contributed by atoms with Gasteiger partial charge in [0.05, 0.1) is 24.7 Å². The van der Waals surface area contributed by atoms with Crippen molar-refractivity contribution in [1.29, 1.82) is 0 Å². The highest BCUT2D eigenvalue weighted by molar-refractivity contribution is 5.99. The van der Waals surface area contributed by atoms with E-state index >= 15 is 0 Å². The fraction of sp³-hybridized carbons (Fsp3) is 0.462. The second kappa shape index (κ2) is 6.14. The van der Waals surface area contributed by atoms with Crippen molar-refractivity contribution in [2.24, 2.45) is 4.99 Å². The van der Waals surface area contributed by atoms with Crippen molar-refractivity contribution in [3.05, 3.63) is 22.9 Å². The Hall–Kier alpha value is -1.91. The summed E-state index contributed by atoms with van der Waals surface area (Å²) in [7, 11) is 5.20. The lowest BCUT2D eigenvalue weighted by atomic mass is 10.1. The molecule has 0 aliphatic heterocycles. The molecule has 5 heteroatoms. The van der Waals surface area contributed by atoms with Gasteiger partial charge in [-0.05, 0) is 19.4 Å². The second-order valence-corrected chi connectivity index (χ2v) is 4.16. The number of pyridine rings is 1. The molecule has 1 amide bonds. The Morgan fingerprint density at radius 2 is 2.22 bits per heavy atom. The molecule has 0 N–H and O–H groups in total. The summed E-state index contributed by atoms with van der Waals surface area (Å²) in [5, 5.41) is 0. The summed E-state index contributed by atoms with van der Waals surface area (Å²) in [6, 6.07) is 1.80. The van der Waals surface area contributed by atoms with Crippen molar-refractivity contribution < 1.29 is 9.53 Å². The first-order valence-corrected chi connectivity index (χ1v) is 5.79. The van der Waals surface area contributed by atoms with Crippen LogP contribution in [0.2, 0.25) is 0 Å². The minimum absolute atomic E-state index is 0.286. The van der Waals surface area contributed by atoms with Gasteiger partial charge in [-0.2, -0.15) is 4.99 Å². The van der Waals surface area contributed by atoms with Gasteiger partial charge in [0.1, 0.15) is 0 Å². The molecule has 0 atom stereocenters. The number of carbonyl (C=O) groups is 1. The topological polar surface area (TPSA) is 54.8 Å². The first-order chi connectivity index (χ1) is 8.49. The molecule has 0 bridgehead atoms. The maximum atomic E-state index is 11.9. The van der Waals surface area contributed by atoms with E-state index in [-0.39, 0.29) is 5.91 Å². The first-order valence-electron chi connectivity index (χ1n) is 5.79. The van der Waals surface area contributed by atoms with Gasteiger partial charge in [0.15, 0.2) is 0 Å². The van der Waals surface area contributed by atoms with E-state index in [4.69, 9.17) is 4.74 Å². The zero-order chi connectivity index (χ0) is 13.7. The van der Waals surface area contributed by atoms with Crippen LogP contribution in [0.4, 0.5) is 0 Å². The van der Waals surface area contributed by atoms with E-state index in [1.165, 1.54) is 6.34 Å². The molecule has 0 spiro atoms. The lowest BCUT2D eigenvalue weighted by Crippen LogP contribution is -2.11. The smallest absolute Gasteiger partial charge is 0.280 e. The molecule has 1 heterocycles. The molecule has 1 aromatic heterocycles. The van der Waals surface area contributed by atoms with Crippen LogP contribution in [0.5, 0.6) is 5.88 Å². The molecule has 5 nitrogen and oxygen atoms in total. The number of carbonyl (C=O) groups excluding carboxylic acids is 1. The van der Waals surface area contributed by atoms with Gasteiger partial charge in [0.2, 0.25) is 5.88 Å². The normalized spacial score (nSPS) is 10.7. The van der Waals surface area contributed by atoms with Crippen molar-refractivity contribution in [3.8, 4) is 5.88 Å². The molecule has 0 fully saturated rings. The van der Waals surface area contributed by atoms with Gasteiger partial charge in [0.25, 0.3) is 5.91 Å². The molecule has 98 valence electrons. The second-order valence-electron chi connectivity index (χ2n) is 4.16. The molecule has 0 saturated carbocycles. The summed E-state index contributed by atoms with van der Waals surface area (Å²) < 4.78 is 5.18. The van der Waals surface area contributed by atoms with Crippen molar-refractivity contribution >= 4 is 12.2 Å². The Kier molecular flexibility index (Phi) is 4.83. The van der Waals surface area contributed by atoms with E-state index < -0.39 is 0 Å². The van der Waals surface area contributed by atoms with Gasteiger partial charge in [-0.15, -0.1) is 0 Å². The fourth-order valence-electron chi connectivity index (χ4n) is 1.51. The Morgan fingerprint density at radius 3 is 2.72 bits per heavy atom. The molecule has 0 aliphatic carbocycles. The van der Waals surface area contributed by atoms with Gasteiger partial charge in [-0.3, -0.25) is 4.79 Å². The van der Waals surface area contributed by atoms with E-state index in [1.54, 1.807) is 25.0 Å². The van der Waals surface area contributed by atoms with Crippen molar-refractivity contribution in [1.82, 2.24) is 9.88 Å². The van der Waals surface area contributed by atoms with Crippen LogP contribution in [0.3, 0.4) is 0 Å². The Morgan fingerprint density at radius 1 is 1.56 bits per heavy atom. The largest absolute Gasteiger partial charge is 0.481 e. The summed E-state index contributed by atoms with van der Waals surface area (Å²) in [6.45, 7) is 3.77. The number of rotatable bonds is 4. The predicted octanol–water partition coefficient (Wildman–Crippen LogP) is 1.69. The summed E-state index contributed by atoms with van der Waals surface area (Å²) in [5.41, 5.74) is 2.06. The van der Waals surface area contributed by atoms with Crippen LogP contribution in [-0.2, 0) is 6.42 Å². The van der Waals surface area contributed by atoms with Gasteiger partial charge in [-0.25, -0.2) is 4.98 Å². The van der Waals surface area contributed by atoms with Crippen LogP contribution in [0, 0.1) is 6.92 Å². The van der Waals surface area contributed by atoms with Crippen molar-refractivity contribution in [2.45, 2.75) is 20.3 Å². The van der Waals surface area contributed by atoms with Crippen LogP contribution in [0.1, 0.15) is 28.5 Å². The van der Waals surface area contributed by atoms with Crippen LogP contribution < -0.4 is 4.74 Å². The number of aliphatic imine (C=N–C) groups is 1. The number of methoxy groups -OCH3 is 1. The van der Waals surface area contributed by atoms with Crippen LogP contribution in [0.15, 0.2) is 11.1 Å². The van der Waals surface area contributed by atoms with E-state index in [0.717, 1.165) is 12.0 Å². The molecule has 18 heavy (non-hydrogen) atoms. The number of nitrogens with zero attached hydrogens (tertiary/aromatic N) is 3. The first kappa shape index (κ1) is 14.2. The molecular weight excluding hydrogens is 230 g/mol. The van der Waals surface area contributed by atoms with Gasteiger partial charge in [-0.1, -0.05) is 6.92 Å². The summed E-state index contributed by atoms with van der Waals surface area (Å²) >= 11 is 0. The highest BCUT2D eigenvalue weighted by atomic mass is 16.5. The monoisotopic (exact) mass is 249 g/mol. The van der Waals surface area contributed by atoms with Crippen molar-refractivity contribution in [3.63, 3.8) is 0 Å². The molecule has 0 saturated heterocycles. The summed E-state index contributed by atoms with van der Waals surface area (Å²) in [5.74, 6) is 0.286. The fourth-order valence-corrected chi connectivity index (χ4v) is 1.51. The van der Waals surface area contributed by atoms with Crippen LogP contribution in [-0.4, -0.2) is 43.3 Å². The van der Waals surface area contributed by atoms with Crippen molar-refractivity contribution in [2.75, 3.05) is 21.2 Å². The van der Waals surface area contributed by atoms with Crippen LogP contribution >= 0.6 is 0 Å². The molecule has 1 aromatic rings. The quantitative estimate of drug-likeness (QED) is 0.602. The van der Waals surface area contributed by atoms with Gasteiger partial charge in [0, 0.05) is 19.7 Å². The molecular formula is C13H19N3O2. The third-order valence-electron chi connectivity index (χ3n) is 2.46. The summed E-state index contributed by atoms with van der Waals surface area (Å²) in [4.78, 5) is 21.8. The molecule has 0 aliphatic rings. The zero-order valence-corrected chi connectivity index (χ0v) is 11.5. The number of aryl methyl sites for hydroxylation is 2. The van der Waals surface area contributed by atoms with Gasteiger partial charge >= 0.3 is 0 Å². The zero-order valence-electron chi connectivity index (χ0n) is 11.5. The Bertz CT molecular complexity index is 468. The number of hydrogen-bond donors (Lipinski definition) is 0. The number of aromatic nitrogens is 1. The average Bonchev–Trinajstić information content (AvgIpc) is 2.35. The summed E-state index contributed by atoms with van der Waals surface area (Å²) in [6.07, 6.45) is 2.24. The number of amides is 1. The standard InChI is InChI=1S/C13H19N3O2/c1-6-10-7-11(9(2)15-13(10)18-5)12(17)14-8-16(3)4/h7-8H,6H2,1-5H3. The predicted molar refractivity (Wildman–Crippen MR) is 71.4 cm³/mol. The minimum atomic E-state index is -0.286. The lowest BCUT2D eigenvalue weighted by molar-refractivity contribution is 0.100. The third kappa shape index (κ3) is 3.29. The number of ether oxygens (including phenoxy) is 1. The molecule has 0 aromatic carbocycles. The van der Waals surface area contributed by atoms with Crippen LogP contribution in [0.25, 0.3) is 0 Å². The third-order valence-corrected chi connectivity index (χ3v) is 2.46. The molecule has 0 unspecified atom stereocenters. The Balaban J connectivity index is 3.13. The van der Waals surface area contributed by atoms with E-state index in [2.05, 4.69) is 9.98 Å². The molecule has 1 rings (SSSR count). The highest BCUT2D eigenvalue weighted by Gasteiger charge is 2.13. The van der Waals surface area contributed by atoms with Gasteiger partial charge < -0.3 is 9.64 Å². The van der Waals surface area contributed by atoms with E-state index in [9.17, 15) is 4.79 Å². The van der Waals surface area contributed by atoms with E-state index in [0.29, 0.717) is 17.1 Å².